The minimum Gasteiger partial charge on any atom is -0.355 e. The molecule has 1 atom stereocenters. The Labute approximate surface area is 61.0 Å². The summed E-state index contributed by atoms with van der Waals surface area (Å²) in [5, 5.41) is 10.9. The Morgan fingerprint density at radius 3 is 2.80 bits per heavy atom. The Hall–Kier alpha value is -1.04. The number of hydrogen-bond donors (Lipinski definition) is 1. The molecule has 0 aromatic carbocycles. The van der Waals surface area contributed by atoms with E-state index in [0.29, 0.717) is 6.54 Å². The van der Waals surface area contributed by atoms with Crippen molar-refractivity contribution in [2.45, 2.75) is 20.3 Å². The highest BCUT2D eigenvalue weighted by Gasteiger charge is 2.08. The third-order valence-electron chi connectivity index (χ3n) is 1.14. The summed E-state index contributed by atoms with van der Waals surface area (Å²) < 4.78 is 0. The Morgan fingerprint density at radius 2 is 2.40 bits per heavy atom. The van der Waals surface area contributed by atoms with Crippen LogP contribution >= 0.6 is 0 Å². The number of amides is 1. The van der Waals surface area contributed by atoms with Crippen LogP contribution in [0, 0.1) is 17.2 Å². The predicted molar refractivity (Wildman–Crippen MR) is 38.1 cm³/mol. The molecule has 0 aromatic heterocycles. The molecule has 3 heteroatoms. The molecule has 0 fully saturated rings. The average Bonchev–Trinajstić information content (AvgIpc) is 1.98. The third-order valence-corrected chi connectivity index (χ3v) is 1.14. The van der Waals surface area contributed by atoms with E-state index in [-0.39, 0.29) is 5.91 Å². The van der Waals surface area contributed by atoms with Gasteiger partial charge in [0.25, 0.3) is 0 Å². The maximum Gasteiger partial charge on any atom is 0.237 e. The maximum absolute atomic E-state index is 10.8. The molecule has 0 heterocycles. The number of nitriles is 1. The quantitative estimate of drug-likeness (QED) is 0.626. The fourth-order valence-corrected chi connectivity index (χ4v) is 0.460. The van der Waals surface area contributed by atoms with Crippen molar-refractivity contribution in [2.75, 3.05) is 6.54 Å². The lowest BCUT2D eigenvalue weighted by Gasteiger charge is -2.02. The Balaban J connectivity index is 3.54. The third kappa shape index (κ3) is 3.08. The second kappa shape index (κ2) is 4.80. The lowest BCUT2D eigenvalue weighted by Crippen LogP contribution is -2.28. The van der Waals surface area contributed by atoms with E-state index in [1.54, 1.807) is 6.92 Å². The minimum absolute atomic E-state index is 0.177. The van der Waals surface area contributed by atoms with Crippen LogP contribution in [0.15, 0.2) is 0 Å². The zero-order valence-corrected chi connectivity index (χ0v) is 6.35. The van der Waals surface area contributed by atoms with Crippen LogP contribution in [-0.4, -0.2) is 12.5 Å². The van der Waals surface area contributed by atoms with Gasteiger partial charge in [-0.15, -0.1) is 0 Å². The summed E-state index contributed by atoms with van der Waals surface area (Å²) in [7, 11) is 0. The molecule has 3 nitrogen and oxygen atoms in total. The Bertz CT molecular complexity index is 148. The highest BCUT2D eigenvalue weighted by Crippen LogP contribution is 1.89. The second-order valence-electron chi connectivity index (χ2n) is 2.14. The zero-order valence-electron chi connectivity index (χ0n) is 6.35. The van der Waals surface area contributed by atoms with Crippen molar-refractivity contribution in [3.8, 4) is 6.07 Å². The number of rotatable bonds is 3. The van der Waals surface area contributed by atoms with Crippen molar-refractivity contribution in [1.29, 1.82) is 5.26 Å². The van der Waals surface area contributed by atoms with E-state index < -0.39 is 5.92 Å². The number of carbonyl (C=O) groups is 1. The molecule has 1 N–H and O–H groups in total. The highest BCUT2D eigenvalue weighted by atomic mass is 16.1. The molecule has 0 saturated heterocycles. The van der Waals surface area contributed by atoms with Crippen LogP contribution < -0.4 is 5.32 Å². The van der Waals surface area contributed by atoms with Crippen molar-refractivity contribution in [3.05, 3.63) is 0 Å². The standard InChI is InChI=1S/C7H12N2O/c1-3-4-9-7(10)6(2)5-8/h6H,3-4H2,1-2H3,(H,9,10). The van der Waals surface area contributed by atoms with Crippen LogP contribution in [0.4, 0.5) is 0 Å². The van der Waals surface area contributed by atoms with Gasteiger partial charge in [-0.1, -0.05) is 6.92 Å². The summed E-state index contributed by atoms with van der Waals surface area (Å²) in [5.41, 5.74) is 0. The van der Waals surface area contributed by atoms with E-state index in [4.69, 9.17) is 5.26 Å². The van der Waals surface area contributed by atoms with Crippen molar-refractivity contribution >= 4 is 5.91 Å². The number of hydrogen-bond acceptors (Lipinski definition) is 2. The first-order valence-corrected chi connectivity index (χ1v) is 3.39. The van der Waals surface area contributed by atoms with E-state index in [1.165, 1.54) is 0 Å². The van der Waals surface area contributed by atoms with Crippen LogP contribution in [0.2, 0.25) is 0 Å². The smallest absolute Gasteiger partial charge is 0.237 e. The van der Waals surface area contributed by atoms with Gasteiger partial charge < -0.3 is 5.32 Å². The van der Waals surface area contributed by atoms with Crippen LogP contribution in [0.25, 0.3) is 0 Å². The van der Waals surface area contributed by atoms with E-state index >= 15 is 0 Å². The molecular weight excluding hydrogens is 128 g/mol. The molecule has 0 saturated carbocycles. The molecule has 0 aliphatic heterocycles. The van der Waals surface area contributed by atoms with Crippen molar-refractivity contribution in [3.63, 3.8) is 0 Å². The van der Waals surface area contributed by atoms with Crippen molar-refractivity contribution in [1.82, 2.24) is 5.32 Å². The molecule has 0 bridgehead atoms. The van der Waals surface area contributed by atoms with Crippen molar-refractivity contribution < 1.29 is 4.79 Å². The van der Waals surface area contributed by atoms with Gasteiger partial charge in [-0.25, -0.2) is 0 Å². The predicted octanol–water partition coefficient (Wildman–Crippen LogP) is 0.672. The zero-order chi connectivity index (χ0) is 7.98. The summed E-state index contributed by atoms with van der Waals surface area (Å²) in [6.45, 7) is 4.22. The minimum atomic E-state index is -0.522. The van der Waals surface area contributed by atoms with Crippen molar-refractivity contribution in [2.24, 2.45) is 5.92 Å². The van der Waals surface area contributed by atoms with E-state index in [2.05, 4.69) is 5.32 Å². The van der Waals surface area contributed by atoms with Gasteiger partial charge >= 0.3 is 0 Å². The second-order valence-corrected chi connectivity index (χ2v) is 2.14. The first-order chi connectivity index (χ1) is 4.72. The fourth-order valence-electron chi connectivity index (χ4n) is 0.460. The van der Waals surface area contributed by atoms with E-state index in [1.807, 2.05) is 13.0 Å². The van der Waals surface area contributed by atoms with Crippen LogP contribution in [0.1, 0.15) is 20.3 Å². The highest BCUT2D eigenvalue weighted by molar-refractivity contribution is 5.80. The summed E-state index contributed by atoms with van der Waals surface area (Å²) in [6.07, 6.45) is 0.907. The largest absolute Gasteiger partial charge is 0.355 e. The molecule has 0 aromatic rings. The normalized spacial score (nSPS) is 11.7. The lowest BCUT2D eigenvalue weighted by molar-refractivity contribution is -0.122. The van der Waals surface area contributed by atoms with Gasteiger partial charge in [0.05, 0.1) is 6.07 Å². The molecule has 1 amide bonds. The molecule has 10 heavy (non-hydrogen) atoms. The summed E-state index contributed by atoms with van der Waals surface area (Å²) in [5.74, 6) is -0.698. The average molecular weight is 140 g/mol. The molecule has 0 aliphatic carbocycles. The SMILES string of the molecule is CCCNC(=O)C(C)C#N. The number of nitrogens with zero attached hydrogens (tertiary/aromatic N) is 1. The maximum atomic E-state index is 10.8. The lowest BCUT2D eigenvalue weighted by atomic mass is 10.2. The molecule has 0 spiro atoms. The molecule has 56 valence electrons. The molecule has 1 unspecified atom stereocenters. The first kappa shape index (κ1) is 8.96. The molecule has 0 rings (SSSR count). The van der Waals surface area contributed by atoms with Gasteiger partial charge in [0.15, 0.2) is 0 Å². The molecular formula is C7H12N2O. The van der Waals surface area contributed by atoms with Crippen LogP contribution in [0.3, 0.4) is 0 Å². The monoisotopic (exact) mass is 140 g/mol. The molecule has 0 aliphatic rings. The van der Waals surface area contributed by atoms with Gasteiger partial charge in [0, 0.05) is 6.54 Å². The first-order valence-electron chi connectivity index (χ1n) is 3.39. The van der Waals surface area contributed by atoms with Crippen LogP contribution in [0.5, 0.6) is 0 Å². The molecule has 0 radical (unpaired) electrons. The topological polar surface area (TPSA) is 52.9 Å². The number of nitrogens with one attached hydrogen (secondary N) is 1. The fraction of sp³-hybridized carbons (Fsp3) is 0.714. The summed E-state index contributed by atoms with van der Waals surface area (Å²) in [4.78, 5) is 10.8. The summed E-state index contributed by atoms with van der Waals surface area (Å²) >= 11 is 0. The van der Waals surface area contributed by atoms with E-state index in [9.17, 15) is 4.79 Å². The van der Waals surface area contributed by atoms with Gasteiger partial charge in [0.2, 0.25) is 5.91 Å². The van der Waals surface area contributed by atoms with Gasteiger partial charge in [-0.05, 0) is 13.3 Å². The van der Waals surface area contributed by atoms with Gasteiger partial charge in [-0.2, -0.15) is 5.26 Å². The van der Waals surface area contributed by atoms with E-state index in [0.717, 1.165) is 6.42 Å². The Kier molecular flexibility index (Phi) is 4.30. The van der Waals surface area contributed by atoms with Gasteiger partial charge in [-0.3, -0.25) is 4.79 Å². The Morgan fingerprint density at radius 1 is 1.80 bits per heavy atom. The number of carbonyl (C=O) groups excluding carboxylic acids is 1. The van der Waals surface area contributed by atoms with Crippen LogP contribution in [-0.2, 0) is 4.79 Å². The summed E-state index contributed by atoms with van der Waals surface area (Å²) in [6, 6.07) is 1.86. The van der Waals surface area contributed by atoms with Gasteiger partial charge in [0.1, 0.15) is 5.92 Å².